The van der Waals surface area contributed by atoms with Crippen LogP contribution >= 0.6 is 0 Å². The smallest absolute Gasteiger partial charge is 0.240 e. The van der Waals surface area contributed by atoms with E-state index in [2.05, 4.69) is 20.2 Å². The van der Waals surface area contributed by atoms with E-state index in [4.69, 9.17) is 0 Å². The Kier molecular flexibility index (Phi) is 3.91. The summed E-state index contributed by atoms with van der Waals surface area (Å²) in [5, 5.41) is 3.10. The lowest BCUT2D eigenvalue weighted by molar-refractivity contribution is -0.131. The molecule has 1 saturated heterocycles. The number of rotatable bonds is 4. The first kappa shape index (κ1) is 15.0. The Morgan fingerprint density at radius 3 is 2.68 bits per heavy atom. The molecule has 0 unspecified atom stereocenters. The van der Waals surface area contributed by atoms with Gasteiger partial charge < -0.3 is 10.3 Å². The van der Waals surface area contributed by atoms with E-state index in [9.17, 15) is 4.79 Å². The van der Waals surface area contributed by atoms with Crippen LogP contribution in [0.15, 0.2) is 24.3 Å². The fourth-order valence-electron chi connectivity index (χ4n) is 3.04. The molecule has 0 aliphatic carbocycles. The van der Waals surface area contributed by atoms with Crippen LogP contribution in [-0.4, -0.2) is 39.4 Å². The molecule has 22 heavy (non-hydrogen) atoms. The van der Waals surface area contributed by atoms with Gasteiger partial charge in [-0.3, -0.25) is 9.69 Å². The highest BCUT2D eigenvalue weighted by Gasteiger charge is 2.36. The molecule has 1 amide bonds. The molecule has 2 heterocycles. The Labute approximate surface area is 131 Å². The summed E-state index contributed by atoms with van der Waals surface area (Å²) in [6.45, 7) is 7.96. The third-order valence-electron chi connectivity index (χ3n) is 4.62. The zero-order valence-corrected chi connectivity index (χ0v) is 13.5. The van der Waals surface area contributed by atoms with Crippen LogP contribution in [-0.2, 0) is 4.79 Å². The monoisotopic (exact) mass is 300 g/mol. The molecule has 5 nitrogen and oxygen atoms in total. The number of hydrogen-bond donors (Lipinski definition) is 2. The van der Waals surface area contributed by atoms with E-state index in [0.717, 1.165) is 29.9 Å². The molecule has 1 aliphatic rings. The second kappa shape index (κ2) is 5.72. The van der Waals surface area contributed by atoms with Crippen molar-refractivity contribution in [3.63, 3.8) is 0 Å². The fraction of sp³-hybridized carbons (Fsp3) is 0.529. The molecule has 1 aromatic carbocycles. The number of aromatic nitrogens is 2. The Balaban J connectivity index is 1.72. The summed E-state index contributed by atoms with van der Waals surface area (Å²) in [5.41, 5.74) is 1.45. The molecule has 0 spiro atoms. The zero-order chi connectivity index (χ0) is 15.7. The number of hydrogen-bond acceptors (Lipinski definition) is 3. The molecule has 5 heteroatoms. The molecule has 2 aromatic rings. The average molecular weight is 300 g/mol. The van der Waals surface area contributed by atoms with Crippen LogP contribution in [0.4, 0.5) is 0 Å². The zero-order valence-electron chi connectivity index (χ0n) is 13.5. The van der Waals surface area contributed by atoms with Crippen molar-refractivity contribution in [2.45, 2.75) is 45.2 Å². The largest absolute Gasteiger partial charge is 0.345 e. The first-order valence-corrected chi connectivity index (χ1v) is 7.99. The third-order valence-corrected chi connectivity index (χ3v) is 4.62. The van der Waals surface area contributed by atoms with Crippen LogP contribution in [0.1, 0.15) is 45.5 Å². The van der Waals surface area contributed by atoms with Crippen molar-refractivity contribution in [1.29, 1.82) is 0 Å². The summed E-state index contributed by atoms with van der Waals surface area (Å²) < 4.78 is 0. The van der Waals surface area contributed by atoms with Gasteiger partial charge in [0, 0.05) is 0 Å². The first-order valence-electron chi connectivity index (χ1n) is 7.99. The number of fused-ring (bicyclic) bond motifs is 1. The number of nitrogens with one attached hydrogen (secondary N) is 2. The van der Waals surface area contributed by atoms with Gasteiger partial charge in [0.2, 0.25) is 5.91 Å². The summed E-state index contributed by atoms with van der Waals surface area (Å²) in [6, 6.07) is 7.77. The average Bonchev–Trinajstić information content (AvgIpc) is 3.16. The number of carbonyl (C=O) groups is 1. The van der Waals surface area contributed by atoms with Crippen molar-refractivity contribution < 1.29 is 4.79 Å². The number of amides is 1. The molecule has 1 fully saturated rings. The standard InChI is InChI=1S/C17H24N4O/c1-12(15-19-13-8-4-5-9-14(13)20-15)18-16(22)17(2,3)21-10-6-7-11-21/h4-5,8-9,12H,6-7,10-11H2,1-3H3,(H,18,22)(H,19,20)/t12-/m0/s1. The van der Waals surface area contributed by atoms with E-state index >= 15 is 0 Å². The molecule has 0 radical (unpaired) electrons. The van der Waals surface area contributed by atoms with E-state index in [0.29, 0.717) is 0 Å². The summed E-state index contributed by atoms with van der Waals surface area (Å²) in [5.74, 6) is 0.856. The molecule has 3 rings (SSSR count). The number of nitrogens with zero attached hydrogens (tertiary/aromatic N) is 2. The summed E-state index contributed by atoms with van der Waals surface area (Å²) in [6.07, 6.45) is 2.35. The van der Waals surface area contributed by atoms with Crippen molar-refractivity contribution in [2.75, 3.05) is 13.1 Å². The molecule has 2 N–H and O–H groups in total. The fourth-order valence-corrected chi connectivity index (χ4v) is 3.04. The van der Waals surface area contributed by atoms with Crippen LogP contribution in [0.25, 0.3) is 11.0 Å². The van der Waals surface area contributed by atoms with Gasteiger partial charge in [0.05, 0.1) is 22.6 Å². The van der Waals surface area contributed by atoms with Gasteiger partial charge in [-0.1, -0.05) is 12.1 Å². The quantitative estimate of drug-likeness (QED) is 0.912. The lowest BCUT2D eigenvalue weighted by Gasteiger charge is -2.34. The number of carbonyl (C=O) groups excluding carboxylic acids is 1. The third kappa shape index (κ3) is 2.73. The van der Waals surface area contributed by atoms with Crippen LogP contribution in [0.5, 0.6) is 0 Å². The number of para-hydroxylation sites is 2. The predicted octanol–water partition coefficient (Wildman–Crippen LogP) is 2.61. The van der Waals surface area contributed by atoms with Gasteiger partial charge in [-0.2, -0.15) is 0 Å². The minimum atomic E-state index is -0.475. The maximum atomic E-state index is 12.7. The number of aromatic amines is 1. The molecule has 1 atom stereocenters. The molecular weight excluding hydrogens is 276 g/mol. The maximum Gasteiger partial charge on any atom is 0.240 e. The van der Waals surface area contributed by atoms with Gasteiger partial charge in [-0.05, 0) is 58.8 Å². The normalized spacial score (nSPS) is 17.8. The lowest BCUT2D eigenvalue weighted by Crippen LogP contribution is -2.54. The Morgan fingerprint density at radius 2 is 2.00 bits per heavy atom. The van der Waals surface area contributed by atoms with Crippen molar-refractivity contribution in [2.24, 2.45) is 0 Å². The van der Waals surface area contributed by atoms with E-state index in [1.54, 1.807) is 0 Å². The SMILES string of the molecule is C[C@H](NC(=O)C(C)(C)N1CCCC1)c1nc2ccccc2[nH]1. The topological polar surface area (TPSA) is 61.0 Å². The highest BCUT2D eigenvalue weighted by Crippen LogP contribution is 2.23. The second-order valence-electron chi connectivity index (χ2n) is 6.59. The van der Waals surface area contributed by atoms with Crippen LogP contribution in [0.3, 0.4) is 0 Å². The number of H-pyrrole nitrogens is 1. The number of imidazole rings is 1. The van der Waals surface area contributed by atoms with Gasteiger partial charge in [0.1, 0.15) is 5.82 Å². The van der Waals surface area contributed by atoms with Crippen molar-refractivity contribution in [3.8, 4) is 0 Å². The van der Waals surface area contributed by atoms with E-state index in [1.807, 2.05) is 45.0 Å². The molecule has 0 bridgehead atoms. The van der Waals surface area contributed by atoms with E-state index in [1.165, 1.54) is 12.8 Å². The molecule has 1 aliphatic heterocycles. The number of benzene rings is 1. The number of likely N-dealkylation sites (tertiary alicyclic amines) is 1. The maximum absolute atomic E-state index is 12.7. The summed E-state index contributed by atoms with van der Waals surface area (Å²) in [7, 11) is 0. The van der Waals surface area contributed by atoms with E-state index in [-0.39, 0.29) is 11.9 Å². The molecular formula is C17H24N4O. The molecule has 1 aromatic heterocycles. The van der Waals surface area contributed by atoms with Gasteiger partial charge in [0.25, 0.3) is 0 Å². The highest BCUT2D eigenvalue weighted by atomic mass is 16.2. The van der Waals surface area contributed by atoms with Crippen LogP contribution < -0.4 is 5.32 Å². The van der Waals surface area contributed by atoms with Crippen molar-refractivity contribution in [1.82, 2.24) is 20.2 Å². The first-order chi connectivity index (χ1) is 10.5. The second-order valence-corrected chi connectivity index (χ2v) is 6.59. The highest BCUT2D eigenvalue weighted by molar-refractivity contribution is 5.86. The summed E-state index contributed by atoms with van der Waals surface area (Å²) in [4.78, 5) is 22.8. The van der Waals surface area contributed by atoms with Crippen molar-refractivity contribution >= 4 is 16.9 Å². The van der Waals surface area contributed by atoms with Crippen LogP contribution in [0.2, 0.25) is 0 Å². The van der Waals surface area contributed by atoms with E-state index < -0.39 is 5.54 Å². The summed E-state index contributed by atoms with van der Waals surface area (Å²) >= 11 is 0. The Hall–Kier alpha value is -1.88. The van der Waals surface area contributed by atoms with Gasteiger partial charge in [-0.15, -0.1) is 0 Å². The van der Waals surface area contributed by atoms with Gasteiger partial charge in [-0.25, -0.2) is 4.98 Å². The Morgan fingerprint density at radius 1 is 1.32 bits per heavy atom. The minimum Gasteiger partial charge on any atom is -0.345 e. The predicted molar refractivity (Wildman–Crippen MR) is 87.5 cm³/mol. The Bertz CT molecular complexity index is 637. The van der Waals surface area contributed by atoms with Crippen molar-refractivity contribution in [3.05, 3.63) is 30.1 Å². The van der Waals surface area contributed by atoms with Gasteiger partial charge in [0.15, 0.2) is 0 Å². The van der Waals surface area contributed by atoms with Gasteiger partial charge >= 0.3 is 0 Å². The van der Waals surface area contributed by atoms with Crippen LogP contribution in [0, 0.1) is 0 Å². The molecule has 118 valence electrons. The lowest BCUT2D eigenvalue weighted by atomic mass is 10.0. The molecule has 0 saturated carbocycles. The minimum absolute atomic E-state index is 0.0577.